The number of ketones is 1. The van der Waals surface area contributed by atoms with E-state index in [4.69, 9.17) is 5.73 Å². The average molecular weight is 431 g/mol. The lowest BCUT2D eigenvalue weighted by Gasteiger charge is -2.12. The summed E-state index contributed by atoms with van der Waals surface area (Å²) in [4.78, 5) is 40.5. The van der Waals surface area contributed by atoms with Gasteiger partial charge in [-0.3, -0.25) is 14.4 Å². The lowest BCUT2D eigenvalue weighted by molar-refractivity contribution is -0.140. The molecule has 2 aromatic heterocycles. The lowest BCUT2D eigenvalue weighted by atomic mass is 10.00. The van der Waals surface area contributed by atoms with Gasteiger partial charge in [0.2, 0.25) is 0 Å². The number of carbonyl (C=O) groups excluding carboxylic acids is 2. The Balaban J connectivity index is 1.94. The third kappa shape index (κ3) is 4.52. The number of benzene rings is 1. The summed E-state index contributed by atoms with van der Waals surface area (Å²) in [5.74, 6) is -2.69. The lowest BCUT2D eigenvalue weighted by Crippen LogP contribution is -2.28. The quantitative estimate of drug-likeness (QED) is 0.334. The van der Waals surface area contributed by atoms with Gasteiger partial charge in [-0.05, 0) is 36.1 Å². The van der Waals surface area contributed by atoms with Gasteiger partial charge in [0.25, 0.3) is 5.56 Å². The summed E-state index contributed by atoms with van der Waals surface area (Å²) >= 11 is 0. The highest BCUT2D eigenvalue weighted by Gasteiger charge is 2.22. The van der Waals surface area contributed by atoms with Gasteiger partial charge in [-0.1, -0.05) is 6.07 Å². The van der Waals surface area contributed by atoms with Crippen molar-refractivity contribution in [2.45, 2.75) is 25.7 Å². The smallest absolute Gasteiger partial charge is 0.305 e. The zero-order valence-corrected chi connectivity index (χ0v) is 16.5. The molecule has 0 saturated carbocycles. The van der Waals surface area contributed by atoms with Gasteiger partial charge in [-0.2, -0.15) is 0 Å². The van der Waals surface area contributed by atoms with E-state index in [1.807, 2.05) is 0 Å². The molecular weight excluding hydrogens is 412 g/mol. The fraction of sp³-hybridized carbons (Fsp3) is 0.238. The molecule has 10 heteroatoms. The summed E-state index contributed by atoms with van der Waals surface area (Å²) in [5.41, 5.74) is 4.91. The molecule has 8 nitrogen and oxygen atoms in total. The first kappa shape index (κ1) is 21.9. The molecular formula is C21H19F2N3O5. The SMILES string of the molecule is COC(=O)CCc1cnc2c(c1)c(N)c(C(=O)CCc1ccc(F)cc1F)c(=O)n2O. The van der Waals surface area contributed by atoms with Crippen LogP contribution in [0.4, 0.5) is 14.5 Å². The standard InChI is InChI=1S/C21H19F2N3O5/c1-31-17(28)7-2-11-8-14-19(24)18(21(29)26(30)20(14)25-10-11)16(27)6-4-12-3-5-13(22)9-15(12)23/h3,5,8-10,30H,2,4,6-7,24H2,1H3. The van der Waals surface area contributed by atoms with Crippen molar-refractivity contribution < 1.29 is 28.3 Å². The van der Waals surface area contributed by atoms with Crippen LogP contribution in [0.2, 0.25) is 0 Å². The maximum atomic E-state index is 13.8. The van der Waals surface area contributed by atoms with Crippen LogP contribution >= 0.6 is 0 Å². The Labute approximate surface area is 174 Å². The van der Waals surface area contributed by atoms with Crippen molar-refractivity contribution in [2.24, 2.45) is 0 Å². The minimum atomic E-state index is -1.05. The monoisotopic (exact) mass is 431 g/mol. The summed E-state index contributed by atoms with van der Waals surface area (Å²) < 4.78 is 31.7. The molecule has 2 heterocycles. The summed E-state index contributed by atoms with van der Waals surface area (Å²) in [5, 5.41) is 10.3. The summed E-state index contributed by atoms with van der Waals surface area (Å²) in [6, 6.07) is 4.49. The second-order valence-corrected chi connectivity index (χ2v) is 6.86. The number of aryl methyl sites for hydroxylation is 2. The van der Waals surface area contributed by atoms with Crippen LogP contribution in [0, 0.1) is 11.6 Å². The molecule has 0 saturated heterocycles. The Morgan fingerprint density at radius 2 is 1.94 bits per heavy atom. The largest absolute Gasteiger partial charge is 0.469 e. The van der Waals surface area contributed by atoms with Crippen LogP contribution < -0.4 is 11.3 Å². The fourth-order valence-corrected chi connectivity index (χ4v) is 3.17. The van der Waals surface area contributed by atoms with E-state index in [1.54, 1.807) is 0 Å². The van der Waals surface area contributed by atoms with E-state index in [0.717, 1.165) is 6.07 Å². The number of rotatable bonds is 7. The molecule has 3 N–H and O–H groups in total. The normalized spacial score (nSPS) is 10.9. The number of nitrogens with two attached hydrogens (primary N) is 1. The summed E-state index contributed by atoms with van der Waals surface area (Å²) in [6.45, 7) is 0. The van der Waals surface area contributed by atoms with Crippen molar-refractivity contribution in [1.82, 2.24) is 9.71 Å². The highest BCUT2D eigenvalue weighted by molar-refractivity contribution is 6.06. The van der Waals surface area contributed by atoms with Crippen molar-refractivity contribution >= 4 is 28.5 Å². The van der Waals surface area contributed by atoms with Crippen LogP contribution in [0.25, 0.3) is 11.0 Å². The number of nitrogen functional groups attached to an aromatic ring is 1. The number of nitrogens with zero attached hydrogens (tertiary/aromatic N) is 2. The minimum absolute atomic E-state index is 0.0807. The maximum Gasteiger partial charge on any atom is 0.305 e. The molecule has 0 radical (unpaired) electrons. The predicted molar refractivity (Wildman–Crippen MR) is 107 cm³/mol. The highest BCUT2D eigenvalue weighted by Crippen LogP contribution is 2.24. The molecule has 1 aromatic carbocycles. The van der Waals surface area contributed by atoms with E-state index in [1.165, 1.54) is 25.4 Å². The van der Waals surface area contributed by atoms with Gasteiger partial charge in [0, 0.05) is 30.5 Å². The van der Waals surface area contributed by atoms with Gasteiger partial charge in [0.1, 0.15) is 17.2 Å². The molecule has 3 rings (SSSR count). The Bertz CT molecular complexity index is 1240. The number of hydrogen-bond donors (Lipinski definition) is 2. The number of pyridine rings is 2. The van der Waals surface area contributed by atoms with Gasteiger partial charge in [-0.25, -0.2) is 13.8 Å². The molecule has 162 valence electrons. The van der Waals surface area contributed by atoms with Gasteiger partial charge < -0.3 is 15.7 Å². The Morgan fingerprint density at radius 1 is 1.19 bits per heavy atom. The maximum absolute atomic E-state index is 13.8. The molecule has 0 atom stereocenters. The van der Waals surface area contributed by atoms with Gasteiger partial charge in [-0.15, -0.1) is 4.73 Å². The molecule has 0 aliphatic rings. The van der Waals surface area contributed by atoms with Crippen molar-refractivity contribution in [3.05, 3.63) is 69.1 Å². The number of anilines is 1. The summed E-state index contributed by atoms with van der Waals surface area (Å²) in [7, 11) is 1.26. The predicted octanol–water partition coefficient (Wildman–Crippen LogP) is 2.42. The zero-order chi connectivity index (χ0) is 22.7. The third-order valence-electron chi connectivity index (χ3n) is 4.85. The molecule has 0 fully saturated rings. The van der Waals surface area contributed by atoms with Crippen molar-refractivity contribution in [1.29, 1.82) is 0 Å². The first-order chi connectivity index (χ1) is 14.7. The van der Waals surface area contributed by atoms with Crippen LogP contribution in [-0.4, -0.2) is 33.8 Å². The second kappa shape index (κ2) is 8.90. The average Bonchev–Trinajstić information content (AvgIpc) is 2.75. The van der Waals surface area contributed by atoms with E-state index >= 15 is 0 Å². The van der Waals surface area contributed by atoms with Gasteiger partial charge in [0.15, 0.2) is 11.4 Å². The van der Waals surface area contributed by atoms with Crippen LogP contribution in [0.15, 0.2) is 35.3 Å². The Hall–Kier alpha value is -3.82. The number of Topliss-reactive ketones (excluding diaryl/α,β-unsaturated/α-hetero) is 1. The topological polar surface area (TPSA) is 125 Å². The number of hydrogen-bond acceptors (Lipinski definition) is 7. The number of halogens is 2. The van der Waals surface area contributed by atoms with Crippen molar-refractivity contribution in [2.75, 3.05) is 12.8 Å². The molecule has 0 unspecified atom stereocenters. The molecule has 0 amide bonds. The van der Waals surface area contributed by atoms with Crippen LogP contribution in [0.3, 0.4) is 0 Å². The molecule has 0 aliphatic carbocycles. The number of aromatic nitrogens is 2. The Kier molecular flexibility index (Phi) is 6.28. The first-order valence-corrected chi connectivity index (χ1v) is 9.29. The first-order valence-electron chi connectivity index (χ1n) is 9.29. The van der Waals surface area contributed by atoms with Crippen molar-refractivity contribution in [3.63, 3.8) is 0 Å². The molecule has 31 heavy (non-hydrogen) atoms. The molecule has 0 aliphatic heterocycles. The number of esters is 1. The van der Waals surface area contributed by atoms with Crippen molar-refractivity contribution in [3.8, 4) is 0 Å². The minimum Gasteiger partial charge on any atom is -0.469 e. The molecule has 3 aromatic rings. The van der Waals surface area contributed by atoms with E-state index in [-0.39, 0.29) is 52.7 Å². The number of ether oxygens (including phenoxy) is 1. The molecule has 0 bridgehead atoms. The van der Waals surface area contributed by atoms with Crippen LogP contribution in [-0.2, 0) is 22.4 Å². The fourth-order valence-electron chi connectivity index (χ4n) is 3.17. The zero-order valence-electron chi connectivity index (χ0n) is 16.5. The van der Waals surface area contributed by atoms with Crippen LogP contribution in [0.1, 0.15) is 34.3 Å². The Morgan fingerprint density at radius 3 is 2.61 bits per heavy atom. The van der Waals surface area contributed by atoms with E-state index < -0.39 is 34.5 Å². The van der Waals surface area contributed by atoms with Crippen LogP contribution in [0.5, 0.6) is 0 Å². The second-order valence-electron chi connectivity index (χ2n) is 6.86. The van der Waals surface area contributed by atoms with Gasteiger partial charge in [0.05, 0.1) is 12.8 Å². The van der Waals surface area contributed by atoms with E-state index in [2.05, 4.69) is 9.72 Å². The highest BCUT2D eigenvalue weighted by atomic mass is 19.1. The van der Waals surface area contributed by atoms with Gasteiger partial charge >= 0.3 is 5.97 Å². The number of fused-ring (bicyclic) bond motifs is 1. The number of carbonyl (C=O) groups is 2. The number of methoxy groups -OCH3 is 1. The van der Waals surface area contributed by atoms with E-state index in [0.29, 0.717) is 11.6 Å². The van der Waals surface area contributed by atoms with E-state index in [9.17, 15) is 28.4 Å². The molecule has 0 spiro atoms. The third-order valence-corrected chi connectivity index (χ3v) is 4.85. The summed E-state index contributed by atoms with van der Waals surface area (Å²) in [6.07, 6.45) is 1.34.